The zero-order valence-corrected chi connectivity index (χ0v) is 14.3. The van der Waals surface area contributed by atoms with Crippen LogP contribution in [0.25, 0.3) is 21.8 Å². The van der Waals surface area contributed by atoms with Gasteiger partial charge in [0.15, 0.2) is 5.75 Å². The number of ether oxygens (including phenoxy) is 3. The van der Waals surface area contributed by atoms with Crippen molar-refractivity contribution in [2.75, 3.05) is 14.2 Å². The van der Waals surface area contributed by atoms with Crippen LogP contribution in [-0.4, -0.2) is 29.9 Å². The molecule has 26 heavy (non-hydrogen) atoms. The Kier molecular flexibility index (Phi) is 3.93. The van der Waals surface area contributed by atoms with Crippen LogP contribution in [0.1, 0.15) is 0 Å². The van der Waals surface area contributed by atoms with Crippen molar-refractivity contribution in [3.63, 3.8) is 0 Å². The highest BCUT2D eigenvalue weighted by Gasteiger charge is 2.19. The molecule has 2 aromatic carbocycles. The number of carbonyl (C=O) groups is 1. The Bertz CT molecular complexity index is 1040. The van der Waals surface area contributed by atoms with Crippen LogP contribution in [0.4, 0.5) is 4.79 Å². The summed E-state index contributed by atoms with van der Waals surface area (Å²) in [6.45, 7) is 0. The molecule has 0 N–H and O–H groups in total. The van der Waals surface area contributed by atoms with Gasteiger partial charge in [0, 0.05) is 17.0 Å². The van der Waals surface area contributed by atoms with E-state index in [1.807, 2.05) is 36.4 Å². The lowest BCUT2D eigenvalue weighted by Gasteiger charge is -2.07. The number of methoxy groups -OCH3 is 2. The average molecular weight is 348 g/mol. The third-order valence-electron chi connectivity index (χ3n) is 4.20. The van der Waals surface area contributed by atoms with Crippen LogP contribution >= 0.6 is 0 Å². The van der Waals surface area contributed by atoms with Crippen molar-refractivity contribution in [2.24, 2.45) is 0 Å². The minimum Gasteiger partial charge on any atom is -0.497 e. The smallest absolute Gasteiger partial charge is 0.424 e. The summed E-state index contributed by atoms with van der Waals surface area (Å²) < 4.78 is 17.7. The number of hydrogen-bond acceptors (Lipinski definition) is 5. The molecule has 0 fully saturated rings. The summed E-state index contributed by atoms with van der Waals surface area (Å²) in [4.78, 5) is 16.8. The van der Waals surface area contributed by atoms with Gasteiger partial charge in [-0.3, -0.25) is 4.98 Å². The van der Waals surface area contributed by atoms with Crippen molar-refractivity contribution in [3.05, 3.63) is 60.9 Å². The van der Waals surface area contributed by atoms with E-state index in [2.05, 4.69) is 4.98 Å². The lowest BCUT2D eigenvalue weighted by Crippen LogP contribution is -2.16. The Hall–Kier alpha value is -3.54. The van der Waals surface area contributed by atoms with E-state index in [4.69, 9.17) is 14.2 Å². The number of carbonyl (C=O) groups excluding carboxylic acids is 1. The molecule has 0 spiro atoms. The lowest BCUT2D eigenvalue weighted by molar-refractivity contribution is 0.204. The average Bonchev–Trinajstić information content (AvgIpc) is 3.01. The van der Waals surface area contributed by atoms with Crippen molar-refractivity contribution >= 4 is 27.9 Å². The molecule has 0 aliphatic carbocycles. The number of rotatable bonds is 3. The summed E-state index contributed by atoms with van der Waals surface area (Å²) >= 11 is 0. The van der Waals surface area contributed by atoms with Crippen LogP contribution in [-0.2, 0) is 0 Å². The van der Waals surface area contributed by atoms with Crippen LogP contribution in [0.2, 0.25) is 0 Å². The molecular weight excluding hydrogens is 332 g/mol. The number of benzene rings is 2. The van der Waals surface area contributed by atoms with Gasteiger partial charge in [-0.2, -0.15) is 0 Å². The molecule has 130 valence electrons. The molecule has 0 radical (unpaired) electrons. The zero-order valence-electron chi connectivity index (χ0n) is 14.3. The zero-order chi connectivity index (χ0) is 18.1. The SMILES string of the molecule is COc1ccc2c(c1)c1cc(OC)ccc1n2C(=O)Oc1cccnc1. The second-order valence-corrected chi connectivity index (χ2v) is 5.66. The van der Waals surface area contributed by atoms with E-state index in [-0.39, 0.29) is 0 Å². The Labute approximate surface area is 149 Å². The summed E-state index contributed by atoms with van der Waals surface area (Å²) in [7, 11) is 3.22. The van der Waals surface area contributed by atoms with Gasteiger partial charge < -0.3 is 14.2 Å². The van der Waals surface area contributed by atoms with E-state index in [1.165, 1.54) is 10.8 Å². The molecule has 0 saturated heterocycles. The Morgan fingerprint density at radius 1 is 0.885 bits per heavy atom. The fourth-order valence-electron chi connectivity index (χ4n) is 2.99. The van der Waals surface area contributed by atoms with E-state index >= 15 is 0 Å². The summed E-state index contributed by atoms with van der Waals surface area (Å²) in [5, 5.41) is 1.75. The largest absolute Gasteiger partial charge is 0.497 e. The maximum Gasteiger partial charge on any atom is 0.424 e. The first-order valence-electron chi connectivity index (χ1n) is 7.99. The first-order valence-corrected chi connectivity index (χ1v) is 7.99. The molecule has 0 bridgehead atoms. The molecule has 0 aliphatic rings. The van der Waals surface area contributed by atoms with E-state index in [9.17, 15) is 4.79 Å². The quantitative estimate of drug-likeness (QED) is 0.554. The summed E-state index contributed by atoms with van der Waals surface area (Å²) in [5.41, 5.74) is 1.45. The first kappa shape index (κ1) is 16.0. The monoisotopic (exact) mass is 348 g/mol. The predicted octanol–water partition coefficient (Wildman–Crippen LogP) is 4.25. The topological polar surface area (TPSA) is 62.6 Å². The first-order chi connectivity index (χ1) is 12.7. The highest BCUT2D eigenvalue weighted by atomic mass is 16.6. The van der Waals surface area contributed by atoms with Gasteiger partial charge in [-0.05, 0) is 48.5 Å². The molecule has 2 aromatic heterocycles. The fraction of sp³-hybridized carbons (Fsp3) is 0.100. The second kappa shape index (κ2) is 6.40. The normalized spacial score (nSPS) is 10.8. The molecule has 0 saturated carbocycles. The van der Waals surface area contributed by atoms with Gasteiger partial charge in [-0.15, -0.1) is 0 Å². The molecule has 0 aliphatic heterocycles. The van der Waals surface area contributed by atoms with Gasteiger partial charge in [0.1, 0.15) is 11.5 Å². The minimum atomic E-state index is -0.506. The van der Waals surface area contributed by atoms with Crippen molar-refractivity contribution < 1.29 is 19.0 Å². The lowest BCUT2D eigenvalue weighted by atomic mass is 10.1. The number of hydrogen-bond donors (Lipinski definition) is 0. The molecular formula is C20H16N2O4. The number of aromatic nitrogens is 2. The molecule has 6 heteroatoms. The van der Waals surface area contributed by atoms with Crippen LogP contribution < -0.4 is 14.2 Å². The summed E-state index contributed by atoms with van der Waals surface area (Å²) in [6.07, 6.45) is 2.61. The highest BCUT2D eigenvalue weighted by Crippen LogP contribution is 2.34. The minimum absolute atomic E-state index is 0.384. The van der Waals surface area contributed by atoms with Crippen molar-refractivity contribution in [3.8, 4) is 17.2 Å². The van der Waals surface area contributed by atoms with Gasteiger partial charge in [-0.25, -0.2) is 9.36 Å². The predicted molar refractivity (Wildman–Crippen MR) is 98.2 cm³/mol. The van der Waals surface area contributed by atoms with E-state index in [0.29, 0.717) is 17.2 Å². The van der Waals surface area contributed by atoms with Gasteiger partial charge in [0.05, 0.1) is 31.4 Å². The van der Waals surface area contributed by atoms with Crippen LogP contribution in [0, 0.1) is 0 Å². The Morgan fingerprint density at radius 2 is 1.50 bits per heavy atom. The van der Waals surface area contributed by atoms with Crippen molar-refractivity contribution in [1.29, 1.82) is 0 Å². The van der Waals surface area contributed by atoms with E-state index in [1.54, 1.807) is 32.5 Å². The standard InChI is InChI=1S/C20H16N2O4/c1-24-13-5-7-18-16(10-13)17-11-14(25-2)6-8-19(17)22(18)20(23)26-15-4-3-9-21-12-15/h3-12H,1-2H3. The van der Waals surface area contributed by atoms with Crippen LogP contribution in [0.3, 0.4) is 0 Å². The number of nitrogens with zero attached hydrogens (tertiary/aromatic N) is 2. The summed E-state index contributed by atoms with van der Waals surface area (Å²) in [5.74, 6) is 1.80. The Balaban J connectivity index is 1.93. The highest BCUT2D eigenvalue weighted by molar-refractivity contribution is 6.13. The van der Waals surface area contributed by atoms with E-state index < -0.39 is 6.09 Å². The van der Waals surface area contributed by atoms with Crippen LogP contribution in [0.5, 0.6) is 17.2 Å². The fourth-order valence-corrected chi connectivity index (χ4v) is 2.99. The van der Waals surface area contributed by atoms with Crippen molar-refractivity contribution in [1.82, 2.24) is 9.55 Å². The molecule has 0 amide bonds. The number of fused-ring (bicyclic) bond motifs is 3. The molecule has 0 unspecified atom stereocenters. The molecule has 0 atom stereocenters. The van der Waals surface area contributed by atoms with Gasteiger partial charge in [-0.1, -0.05) is 0 Å². The molecule has 2 heterocycles. The molecule has 4 aromatic rings. The third-order valence-corrected chi connectivity index (χ3v) is 4.20. The maximum atomic E-state index is 12.9. The Morgan fingerprint density at radius 3 is 2.00 bits per heavy atom. The maximum absolute atomic E-state index is 12.9. The molecule has 6 nitrogen and oxygen atoms in total. The van der Waals surface area contributed by atoms with Gasteiger partial charge in [0.25, 0.3) is 0 Å². The van der Waals surface area contributed by atoms with Gasteiger partial charge in [0.2, 0.25) is 0 Å². The van der Waals surface area contributed by atoms with Crippen LogP contribution in [0.15, 0.2) is 60.9 Å². The summed E-state index contributed by atoms with van der Waals surface area (Å²) in [6, 6.07) is 14.5. The molecule has 4 rings (SSSR count). The van der Waals surface area contributed by atoms with Gasteiger partial charge >= 0.3 is 6.09 Å². The van der Waals surface area contributed by atoms with Crippen molar-refractivity contribution in [2.45, 2.75) is 0 Å². The number of pyridine rings is 1. The van der Waals surface area contributed by atoms with E-state index in [0.717, 1.165) is 21.8 Å². The second-order valence-electron chi connectivity index (χ2n) is 5.66. The third kappa shape index (κ3) is 2.61.